The number of carbonyl (C=O) groups is 2. The molecule has 0 radical (unpaired) electrons. The number of hydrogen-bond donors (Lipinski definition) is 2. The Morgan fingerprint density at radius 3 is 2.64 bits per heavy atom. The number of aryl methyl sites for hydroxylation is 1. The molecule has 1 fully saturated rings. The molecule has 2 aromatic heterocycles. The van der Waals surface area contributed by atoms with E-state index in [9.17, 15) is 9.59 Å². The van der Waals surface area contributed by atoms with E-state index >= 15 is 0 Å². The van der Waals surface area contributed by atoms with E-state index in [0.29, 0.717) is 11.2 Å². The lowest BCUT2D eigenvalue weighted by Crippen LogP contribution is -2.37. The van der Waals surface area contributed by atoms with Gasteiger partial charge in [-0.2, -0.15) is 0 Å². The van der Waals surface area contributed by atoms with Crippen LogP contribution in [0.1, 0.15) is 58.8 Å². The Bertz CT molecular complexity index is 1020. The van der Waals surface area contributed by atoms with E-state index in [1.54, 1.807) is 16.7 Å². The number of pyridine rings is 1. The molecule has 0 bridgehead atoms. The summed E-state index contributed by atoms with van der Waals surface area (Å²) < 4.78 is 1.68. The Kier molecular flexibility index (Phi) is 5.10. The van der Waals surface area contributed by atoms with Gasteiger partial charge in [-0.15, -0.1) is 0 Å². The number of amides is 2. The fraction of sp³-hybridized carbons (Fsp3) is 0.318. The second-order valence-electron chi connectivity index (χ2n) is 7.37. The Morgan fingerprint density at radius 1 is 1.04 bits per heavy atom. The number of hydrogen-bond acceptors (Lipinski definition) is 3. The first-order valence-electron chi connectivity index (χ1n) is 9.78. The van der Waals surface area contributed by atoms with Crippen LogP contribution in [0.4, 0.5) is 5.69 Å². The first-order chi connectivity index (χ1) is 13.6. The van der Waals surface area contributed by atoms with E-state index in [0.717, 1.165) is 31.2 Å². The third-order valence-electron chi connectivity index (χ3n) is 5.18. The predicted molar refractivity (Wildman–Crippen MR) is 109 cm³/mol. The zero-order valence-electron chi connectivity index (χ0n) is 15.9. The highest BCUT2D eigenvalue weighted by atomic mass is 16.2. The molecule has 2 heterocycles. The quantitative estimate of drug-likeness (QED) is 0.724. The molecule has 0 atom stereocenters. The van der Waals surface area contributed by atoms with Crippen LogP contribution in [0, 0.1) is 6.92 Å². The number of benzene rings is 1. The summed E-state index contributed by atoms with van der Waals surface area (Å²) in [7, 11) is 0. The first kappa shape index (κ1) is 18.2. The molecule has 2 N–H and O–H groups in total. The minimum absolute atomic E-state index is 0.182. The van der Waals surface area contributed by atoms with Crippen molar-refractivity contribution in [2.45, 2.75) is 45.1 Å². The topological polar surface area (TPSA) is 75.5 Å². The third-order valence-corrected chi connectivity index (χ3v) is 5.18. The standard InChI is InChI=1S/C22H24N4O2/c1-15-8-7-11-17(14-15)24-21(27)19-18-12-5-6-13-26(18)20(25-19)22(28)23-16-9-3-2-4-10-16/h5-8,11-14,16H,2-4,9-10H2,1H3,(H,23,28)(H,24,27). The van der Waals surface area contributed by atoms with Gasteiger partial charge >= 0.3 is 0 Å². The molecule has 1 aliphatic carbocycles. The minimum atomic E-state index is -0.328. The molecule has 1 aliphatic rings. The van der Waals surface area contributed by atoms with Crippen molar-refractivity contribution in [3.8, 4) is 0 Å². The summed E-state index contributed by atoms with van der Waals surface area (Å²) in [6.45, 7) is 1.97. The van der Waals surface area contributed by atoms with E-state index < -0.39 is 0 Å². The molecule has 4 rings (SSSR count). The third kappa shape index (κ3) is 3.76. The van der Waals surface area contributed by atoms with Crippen LogP contribution in [0.15, 0.2) is 48.7 Å². The van der Waals surface area contributed by atoms with Crippen molar-refractivity contribution in [2.24, 2.45) is 0 Å². The number of nitrogens with one attached hydrogen (secondary N) is 2. The van der Waals surface area contributed by atoms with Gasteiger partial charge in [0.05, 0.1) is 5.52 Å². The Balaban J connectivity index is 1.62. The SMILES string of the molecule is Cc1cccc(NC(=O)c2nc(C(=O)NC3CCCCC3)n3ccccc23)c1. The number of aromatic nitrogens is 2. The molecule has 2 amide bonds. The van der Waals surface area contributed by atoms with Gasteiger partial charge in [0.25, 0.3) is 11.8 Å². The molecule has 144 valence electrons. The van der Waals surface area contributed by atoms with Gasteiger partial charge in [-0.25, -0.2) is 4.98 Å². The zero-order chi connectivity index (χ0) is 19.5. The fourth-order valence-electron chi connectivity index (χ4n) is 3.78. The molecule has 3 aromatic rings. The van der Waals surface area contributed by atoms with Gasteiger partial charge in [-0.3, -0.25) is 14.0 Å². The smallest absolute Gasteiger partial charge is 0.287 e. The normalized spacial score (nSPS) is 14.8. The van der Waals surface area contributed by atoms with Crippen molar-refractivity contribution < 1.29 is 9.59 Å². The summed E-state index contributed by atoms with van der Waals surface area (Å²) in [4.78, 5) is 30.1. The fourth-order valence-corrected chi connectivity index (χ4v) is 3.78. The monoisotopic (exact) mass is 376 g/mol. The molecule has 1 aromatic carbocycles. The lowest BCUT2D eigenvalue weighted by molar-refractivity contribution is 0.0916. The van der Waals surface area contributed by atoms with E-state index in [-0.39, 0.29) is 29.4 Å². The number of fused-ring (bicyclic) bond motifs is 1. The highest BCUT2D eigenvalue weighted by molar-refractivity contribution is 6.09. The second kappa shape index (κ2) is 7.84. The lowest BCUT2D eigenvalue weighted by atomic mass is 9.95. The summed E-state index contributed by atoms with van der Waals surface area (Å²) in [5.41, 5.74) is 2.62. The van der Waals surface area contributed by atoms with Gasteiger partial charge in [0.2, 0.25) is 5.82 Å². The van der Waals surface area contributed by atoms with Crippen LogP contribution in [0.25, 0.3) is 5.52 Å². The van der Waals surface area contributed by atoms with Gasteiger partial charge in [0.1, 0.15) is 0 Å². The molecule has 28 heavy (non-hydrogen) atoms. The highest BCUT2D eigenvalue weighted by Crippen LogP contribution is 2.19. The van der Waals surface area contributed by atoms with Crippen molar-refractivity contribution in [3.05, 3.63) is 65.7 Å². The van der Waals surface area contributed by atoms with Crippen molar-refractivity contribution >= 4 is 23.0 Å². The van der Waals surface area contributed by atoms with Crippen molar-refractivity contribution in [3.63, 3.8) is 0 Å². The Morgan fingerprint density at radius 2 is 1.86 bits per heavy atom. The van der Waals surface area contributed by atoms with Gasteiger partial charge in [-0.05, 0) is 49.6 Å². The Hall–Kier alpha value is -3.15. The summed E-state index contributed by atoms with van der Waals surface area (Å²) in [6.07, 6.45) is 7.25. The van der Waals surface area contributed by atoms with Crippen LogP contribution >= 0.6 is 0 Å². The number of carbonyl (C=O) groups excluding carboxylic acids is 2. The first-order valence-corrected chi connectivity index (χ1v) is 9.78. The van der Waals surface area contributed by atoms with E-state index in [1.165, 1.54) is 6.42 Å². The summed E-state index contributed by atoms with van der Waals surface area (Å²) in [5, 5.41) is 5.96. The summed E-state index contributed by atoms with van der Waals surface area (Å²) >= 11 is 0. The largest absolute Gasteiger partial charge is 0.347 e. The van der Waals surface area contributed by atoms with Crippen LogP contribution in [-0.4, -0.2) is 27.2 Å². The average Bonchev–Trinajstić information content (AvgIpc) is 3.09. The van der Waals surface area contributed by atoms with E-state index in [1.807, 2.05) is 43.3 Å². The molecule has 0 aliphatic heterocycles. The van der Waals surface area contributed by atoms with Gasteiger partial charge in [0, 0.05) is 17.9 Å². The van der Waals surface area contributed by atoms with Crippen molar-refractivity contribution in [2.75, 3.05) is 5.32 Å². The van der Waals surface area contributed by atoms with Gasteiger partial charge in [0.15, 0.2) is 5.69 Å². The zero-order valence-corrected chi connectivity index (χ0v) is 15.9. The van der Waals surface area contributed by atoms with Gasteiger partial charge in [-0.1, -0.05) is 37.5 Å². The lowest BCUT2D eigenvalue weighted by Gasteiger charge is -2.22. The summed E-state index contributed by atoms with van der Waals surface area (Å²) in [6, 6.07) is 13.2. The molecule has 6 heteroatoms. The molecular formula is C22H24N4O2. The predicted octanol–water partition coefficient (Wildman–Crippen LogP) is 3.96. The molecule has 0 saturated heterocycles. The number of anilines is 1. The maximum Gasteiger partial charge on any atom is 0.287 e. The average molecular weight is 376 g/mol. The van der Waals surface area contributed by atoms with Crippen LogP contribution < -0.4 is 10.6 Å². The van der Waals surface area contributed by atoms with Crippen LogP contribution in [0.2, 0.25) is 0 Å². The van der Waals surface area contributed by atoms with Crippen LogP contribution in [-0.2, 0) is 0 Å². The van der Waals surface area contributed by atoms with Crippen molar-refractivity contribution in [1.29, 1.82) is 0 Å². The number of imidazole rings is 1. The number of rotatable bonds is 4. The van der Waals surface area contributed by atoms with Crippen LogP contribution in [0.5, 0.6) is 0 Å². The highest BCUT2D eigenvalue weighted by Gasteiger charge is 2.24. The number of nitrogens with zero attached hydrogens (tertiary/aromatic N) is 2. The molecule has 0 unspecified atom stereocenters. The molecule has 0 spiro atoms. The van der Waals surface area contributed by atoms with Crippen LogP contribution in [0.3, 0.4) is 0 Å². The minimum Gasteiger partial charge on any atom is -0.347 e. The van der Waals surface area contributed by atoms with E-state index in [2.05, 4.69) is 15.6 Å². The van der Waals surface area contributed by atoms with E-state index in [4.69, 9.17) is 0 Å². The Labute approximate surface area is 164 Å². The maximum absolute atomic E-state index is 12.8. The van der Waals surface area contributed by atoms with Gasteiger partial charge < -0.3 is 10.6 Å². The van der Waals surface area contributed by atoms with Crippen molar-refractivity contribution in [1.82, 2.24) is 14.7 Å². The maximum atomic E-state index is 12.8. The molecule has 1 saturated carbocycles. The molecule has 6 nitrogen and oxygen atoms in total. The summed E-state index contributed by atoms with van der Waals surface area (Å²) in [5.74, 6) is -0.315. The molecular weight excluding hydrogens is 352 g/mol. The second-order valence-corrected chi connectivity index (χ2v) is 7.37.